The van der Waals surface area contributed by atoms with Crippen LogP contribution in [0.2, 0.25) is 0 Å². The number of benzene rings is 2. The van der Waals surface area contributed by atoms with E-state index in [0.717, 1.165) is 28.6 Å². The van der Waals surface area contributed by atoms with E-state index in [1.165, 1.54) is 0 Å². The number of carboxylic acids is 1. The third-order valence-electron chi connectivity index (χ3n) is 4.05. The fraction of sp³-hybridized carbons (Fsp3) is 0.150. The number of fused-ring (bicyclic) bond motifs is 1. The Labute approximate surface area is 162 Å². The third kappa shape index (κ3) is 4.51. The molecule has 0 spiro atoms. The van der Waals surface area contributed by atoms with Crippen molar-refractivity contribution in [3.63, 3.8) is 0 Å². The second kappa shape index (κ2) is 8.46. The Hall–Kier alpha value is -3.19. The maximum Gasteiger partial charge on any atom is 0.335 e. The van der Waals surface area contributed by atoms with Crippen LogP contribution < -0.4 is 10.7 Å². The van der Waals surface area contributed by atoms with E-state index in [-0.39, 0.29) is 5.56 Å². The summed E-state index contributed by atoms with van der Waals surface area (Å²) in [5.41, 5.74) is 6.00. The largest absolute Gasteiger partial charge is 0.478 e. The van der Waals surface area contributed by atoms with Gasteiger partial charge in [-0.25, -0.2) is 4.79 Å². The van der Waals surface area contributed by atoms with Gasteiger partial charge in [-0.1, -0.05) is 30.3 Å². The Morgan fingerprint density at radius 3 is 2.85 bits per heavy atom. The summed E-state index contributed by atoms with van der Waals surface area (Å²) in [4.78, 5) is 11.2. The molecule has 0 saturated carbocycles. The lowest BCUT2D eigenvalue weighted by atomic mass is 10.1. The number of thiocarbonyl (C=S) groups is 1. The molecule has 1 aromatic heterocycles. The third-order valence-corrected chi connectivity index (χ3v) is 4.29. The van der Waals surface area contributed by atoms with E-state index in [1.54, 1.807) is 24.4 Å². The van der Waals surface area contributed by atoms with Crippen LogP contribution in [-0.2, 0) is 6.54 Å². The van der Waals surface area contributed by atoms with E-state index in [9.17, 15) is 9.90 Å². The molecule has 3 rings (SSSR count). The highest BCUT2D eigenvalue weighted by Crippen LogP contribution is 2.21. The highest BCUT2D eigenvalue weighted by molar-refractivity contribution is 7.80. The van der Waals surface area contributed by atoms with E-state index < -0.39 is 5.97 Å². The molecule has 7 heteroatoms. The Morgan fingerprint density at radius 1 is 1.26 bits per heavy atom. The number of aromatic nitrogens is 1. The summed E-state index contributed by atoms with van der Waals surface area (Å²) < 4.78 is 2.08. The fourth-order valence-corrected chi connectivity index (χ4v) is 3.07. The van der Waals surface area contributed by atoms with E-state index in [4.69, 9.17) is 12.2 Å². The van der Waals surface area contributed by atoms with Gasteiger partial charge < -0.3 is 15.0 Å². The number of hydrazone groups is 1. The molecule has 0 bridgehead atoms. The van der Waals surface area contributed by atoms with Gasteiger partial charge in [0, 0.05) is 35.8 Å². The van der Waals surface area contributed by atoms with Crippen molar-refractivity contribution in [3.05, 3.63) is 71.4 Å². The van der Waals surface area contributed by atoms with E-state index in [0.29, 0.717) is 11.7 Å². The number of carbonyl (C=O) groups is 1. The van der Waals surface area contributed by atoms with Gasteiger partial charge in [-0.15, -0.1) is 0 Å². The molecule has 27 heavy (non-hydrogen) atoms. The molecule has 0 saturated heterocycles. The van der Waals surface area contributed by atoms with Crippen molar-refractivity contribution in [1.82, 2.24) is 15.3 Å². The molecule has 0 aliphatic rings. The van der Waals surface area contributed by atoms with Gasteiger partial charge in [0.25, 0.3) is 0 Å². The lowest BCUT2D eigenvalue weighted by molar-refractivity contribution is 0.0696. The number of carboxylic acid groups (broad SMARTS) is 1. The van der Waals surface area contributed by atoms with Gasteiger partial charge in [0.15, 0.2) is 5.11 Å². The molecule has 3 aromatic rings. The minimum absolute atomic E-state index is 0.284. The first-order chi connectivity index (χ1) is 13.1. The van der Waals surface area contributed by atoms with Crippen LogP contribution in [0.15, 0.2) is 59.8 Å². The molecular formula is C20H20N4O2S. The summed E-state index contributed by atoms with van der Waals surface area (Å²) in [5.74, 6) is -0.926. The van der Waals surface area contributed by atoms with Crippen molar-refractivity contribution in [1.29, 1.82) is 0 Å². The lowest BCUT2D eigenvalue weighted by Gasteiger charge is -2.06. The van der Waals surface area contributed by atoms with Crippen molar-refractivity contribution in [2.75, 3.05) is 6.54 Å². The van der Waals surface area contributed by atoms with E-state index in [1.807, 2.05) is 43.5 Å². The molecular weight excluding hydrogens is 360 g/mol. The number of para-hydroxylation sites is 1. The van der Waals surface area contributed by atoms with Crippen molar-refractivity contribution in [2.24, 2.45) is 5.10 Å². The van der Waals surface area contributed by atoms with Crippen LogP contribution in [0, 0.1) is 0 Å². The zero-order valence-corrected chi connectivity index (χ0v) is 15.7. The van der Waals surface area contributed by atoms with Gasteiger partial charge >= 0.3 is 5.97 Å². The molecule has 1 heterocycles. The predicted octanol–water partition coefficient (Wildman–Crippen LogP) is 3.21. The van der Waals surface area contributed by atoms with Crippen LogP contribution in [0.1, 0.15) is 28.4 Å². The minimum Gasteiger partial charge on any atom is -0.478 e. The van der Waals surface area contributed by atoms with Crippen molar-refractivity contribution in [3.8, 4) is 0 Å². The first kappa shape index (κ1) is 18.6. The Kier molecular flexibility index (Phi) is 5.83. The highest BCUT2D eigenvalue weighted by atomic mass is 32.1. The number of hydrogen-bond acceptors (Lipinski definition) is 3. The summed E-state index contributed by atoms with van der Waals surface area (Å²) in [6.45, 7) is 3.26. The summed E-state index contributed by atoms with van der Waals surface area (Å²) in [6, 6.07) is 15.0. The maximum absolute atomic E-state index is 11.2. The van der Waals surface area contributed by atoms with Crippen LogP contribution >= 0.6 is 12.2 Å². The Balaban J connectivity index is 1.88. The second-order valence-electron chi connectivity index (χ2n) is 5.96. The van der Waals surface area contributed by atoms with Crippen LogP contribution in [0.5, 0.6) is 0 Å². The standard InChI is InChI=1S/C20H20N4O2S/c1-2-21-20(27)23-22-11-16-13-24(18-9-4-3-8-17(16)18)12-14-6-5-7-15(10-14)19(25)26/h3-11,13H,2,12H2,1H3,(H,25,26)(H2,21,23,27)/b22-11-. The predicted molar refractivity (Wildman–Crippen MR) is 111 cm³/mol. The molecule has 0 fully saturated rings. The summed E-state index contributed by atoms with van der Waals surface area (Å²) in [7, 11) is 0. The first-order valence-electron chi connectivity index (χ1n) is 8.55. The molecule has 6 nitrogen and oxygen atoms in total. The van der Waals surface area contributed by atoms with Crippen LogP contribution in [0.4, 0.5) is 0 Å². The van der Waals surface area contributed by atoms with Crippen LogP contribution in [0.25, 0.3) is 10.9 Å². The number of hydrogen-bond donors (Lipinski definition) is 3. The number of aromatic carboxylic acids is 1. The monoisotopic (exact) mass is 380 g/mol. The average molecular weight is 380 g/mol. The zero-order chi connectivity index (χ0) is 19.2. The normalized spacial score (nSPS) is 11.0. The second-order valence-corrected chi connectivity index (χ2v) is 6.37. The van der Waals surface area contributed by atoms with Gasteiger partial charge in [0.1, 0.15) is 0 Å². The summed E-state index contributed by atoms with van der Waals surface area (Å²) in [5, 5.41) is 17.9. The van der Waals surface area contributed by atoms with E-state index >= 15 is 0 Å². The number of rotatable bonds is 6. The molecule has 3 N–H and O–H groups in total. The molecule has 0 aliphatic heterocycles. The Bertz CT molecular complexity index is 1010. The van der Waals surface area contributed by atoms with Crippen LogP contribution in [-0.4, -0.2) is 33.5 Å². The SMILES string of the molecule is CCNC(=S)N/N=C\c1cn(Cc2cccc(C(=O)O)c2)c2ccccc12. The zero-order valence-electron chi connectivity index (χ0n) is 14.8. The van der Waals surface area contributed by atoms with Crippen molar-refractivity contribution in [2.45, 2.75) is 13.5 Å². The minimum atomic E-state index is -0.926. The van der Waals surface area contributed by atoms with Gasteiger partial charge in [-0.3, -0.25) is 5.43 Å². The fourth-order valence-electron chi connectivity index (χ4n) is 2.87. The summed E-state index contributed by atoms with van der Waals surface area (Å²) >= 11 is 5.10. The molecule has 0 radical (unpaired) electrons. The van der Waals surface area contributed by atoms with Gasteiger partial charge in [0.05, 0.1) is 11.8 Å². The highest BCUT2D eigenvalue weighted by Gasteiger charge is 2.09. The number of nitrogens with zero attached hydrogens (tertiary/aromatic N) is 2. The van der Waals surface area contributed by atoms with E-state index in [2.05, 4.69) is 20.4 Å². The summed E-state index contributed by atoms with van der Waals surface area (Å²) in [6.07, 6.45) is 3.73. The smallest absolute Gasteiger partial charge is 0.335 e. The Morgan fingerprint density at radius 2 is 2.07 bits per heavy atom. The van der Waals surface area contributed by atoms with Gasteiger partial charge in [-0.05, 0) is 42.9 Å². The molecule has 0 atom stereocenters. The first-order valence-corrected chi connectivity index (χ1v) is 8.96. The molecule has 0 unspecified atom stereocenters. The molecule has 2 aromatic carbocycles. The quantitative estimate of drug-likeness (QED) is 0.348. The average Bonchev–Trinajstić information content (AvgIpc) is 3.00. The van der Waals surface area contributed by atoms with Gasteiger partial charge in [-0.2, -0.15) is 5.10 Å². The van der Waals surface area contributed by atoms with Crippen LogP contribution in [0.3, 0.4) is 0 Å². The van der Waals surface area contributed by atoms with Crippen molar-refractivity contribution < 1.29 is 9.90 Å². The lowest BCUT2D eigenvalue weighted by Crippen LogP contribution is -2.31. The topological polar surface area (TPSA) is 78.7 Å². The molecule has 138 valence electrons. The molecule has 0 aliphatic carbocycles. The molecule has 0 amide bonds. The maximum atomic E-state index is 11.2. The van der Waals surface area contributed by atoms with Crippen molar-refractivity contribution >= 4 is 40.4 Å². The number of nitrogens with one attached hydrogen (secondary N) is 2. The van der Waals surface area contributed by atoms with Gasteiger partial charge in [0.2, 0.25) is 0 Å².